The van der Waals surface area contributed by atoms with Crippen molar-refractivity contribution in [2.24, 2.45) is 5.92 Å². The molecule has 0 bridgehead atoms. The zero-order valence-electron chi connectivity index (χ0n) is 33.8. The average Bonchev–Trinajstić information content (AvgIpc) is 3.61. The summed E-state index contributed by atoms with van der Waals surface area (Å²) in [5, 5.41) is 2.48. The van der Waals surface area contributed by atoms with E-state index in [0.29, 0.717) is 5.92 Å². The van der Waals surface area contributed by atoms with Crippen molar-refractivity contribution in [1.82, 2.24) is 4.57 Å². The van der Waals surface area contributed by atoms with E-state index < -0.39 is 0 Å². The zero-order valence-corrected chi connectivity index (χ0v) is 34.7. The molecule has 7 aromatic carbocycles. The predicted molar refractivity (Wildman–Crippen MR) is 254 cm³/mol. The highest BCUT2D eigenvalue weighted by atomic mass is 32.2. The van der Waals surface area contributed by atoms with Crippen molar-refractivity contribution in [3.8, 4) is 16.8 Å². The number of para-hydroxylation sites is 2. The van der Waals surface area contributed by atoms with Gasteiger partial charge in [0.1, 0.15) is 0 Å². The topological polar surface area (TPSA) is 11.4 Å². The molecule has 1 atom stereocenters. The Bertz CT molecular complexity index is 2920. The van der Waals surface area contributed by atoms with Crippen molar-refractivity contribution in [2.45, 2.75) is 44.9 Å². The summed E-state index contributed by atoms with van der Waals surface area (Å²) >= 11 is 1.89. The number of benzene rings is 7. The molecule has 0 N–H and O–H groups in total. The number of aromatic nitrogens is 1. The van der Waals surface area contributed by atoms with Gasteiger partial charge in [-0.05, 0) is 121 Å². The third-order valence-electron chi connectivity index (χ3n) is 11.9. The van der Waals surface area contributed by atoms with Gasteiger partial charge in [-0.15, -0.1) is 0 Å². The summed E-state index contributed by atoms with van der Waals surface area (Å²) in [6.45, 7) is 6.87. The number of fused-ring (bicyclic) bond motifs is 4. The van der Waals surface area contributed by atoms with Gasteiger partial charge in [0, 0.05) is 54.7 Å². The molecule has 59 heavy (non-hydrogen) atoms. The maximum absolute atomic E-state index is 2.50. The van der Waals surface area contributed by atoms with Crippen molar-refractivity contribution < 1.29 is 0 Å². The lowest BCUT2D eigenvalue weighted by Crippen LogP contribution is -2.21. The second kappa shape index (κ2) is 15.7. The molecule has 10 rings (SSSR count). The van der Waals surface area contributed by atoms with Gasteiger partial charge in [0.15, 0.2) is 0 Å². The van der Waals surface area contributed by atoms with Gasteiger partial charge in [0.05, 0.1) is 16.7 Å². The van der Waals surface area contributed by atoms with Crippen molar-refractivity contribution in [2.75, 3.05) is 9.80 Å². The predicted octanol–water partition coefficient (Wildman–Crippen LogP) is 16.2. The van der Waals surface area contributed by atoms with E-state index >= 15 is 0 Å². The molecule has 0 spiro atoms. The lowest BCUT2D eigenvalue weighted by Gasteiger charge is -2.34. The van der Waals surface area contributed by atoms with Crippen LogP contribution in [0.4, 0.5) is 28.4 Å². The van der Waals surface area contributed by atoms with Crippen LogP contribution in [0.25, 0.3) is 44.2 Å². The maximum Gasteiger partial charge on any atom is 0.0598 e. The normalized spacial score (nSPS) is 15.1. The Hall–Kier alpha value is -6.49. The Morgan fingerprint density at radius 3 is 2.05 bits per heavy atom. The molecule has 1 unspecified atom stereocenters. The number of nitrogens with zero attached hydrogens (tertiary/aromatic N) is 3. The van der Waals surface area contributed by atoms with Crippen molar-refractivity contribution in [3.63, 3.8) is 0 Å². The van der Waals surface area contributed by atoms with Gasteiger partial charge in [0.25, 0.3) is 0 Å². The quantitative estimate of drug-likeness (QED) is 0.145. The highest BCUT2D eigenvalue weighted by Gasteiger charge is 2.26. The lowest BCUT2D eigenvalue weighted by atomic mass is 9.88. The van der Waals surface area contributed by atoms with E-state index in [1.807, 2.05) is 11.8 Å². The highest BCUT2D eigenvalue weighted by molar-refractivity contribution is 8.03. The number of hydrogen-bond donors (Lipinski definition) is 0. The van der Waals surface area contributed by atoms with Crippen LogP contribution in [-0.2, 0) is 0 Å². The SMILES string of the molecule is CCCC1=C(C)Sc2ccccc2N1c1cccc(-n2c3ccccc3c3ccc(N(c4ccc(C5=CC=CCC5C)cc4)c4ccc(-c5ccccc5)cc4)cc32)c1. The van der Waals surface area contributed by atoms with Crippen LogP contribution in [0.15, 0.2) is 204 Å². The van der Waals surface area contributed by atoms with Gasteiger partial charge in [0.2, 0.25) is 0 Å². The molecule has 0 radical (unpaired) electrons. The summed E-state index contributed by atoms with van der Waals surface area (Å²) in [5.74, 6) is 0.497. The van der Waals surface area contributed by atoms with E-state index in [1.54, 1.807) is 0 Å². The third kappa shape index (κ3) is 6.78. The van der Waals surface area contributed by atoms with Gasteiger partial charge in [-0.1, -0.05) is 147 Å². The minimum absolute atomic E-state index is 0.497. The fourth-order valence-corrected chi connectivity index (χ4v) is 10.1. The van der Waals surface area contributed by atoms with Gasteiger partial charge >= 0.3 is 0 Å². The van der Waals surface area contributed by atoms with E-state index in [-0.39, 0.29) is 0 Å². The molecule has 1 aliphatic carbocycles. The Labute approximate surface area is 352 Å². The van der Waals surface area contributed by atoms with Gasteiger partial charge in [-0.25, -0.2) is 0 Å². The number of hydrogen-bond acceptors (Lipinski definition) is 3. The molecule has 8 aromatic rings. The number of anilines is 5. The molecular formula is C55H47N3S. The average molecular weight is 782 g/mol. The molecule has 1 aliphatic heterocycles. The zero-order chi connectivity index (χ0) is 39.9. The summed E-state index contributed by atoms with van der Waals surface area (Å²) in [7, 11) is 0. The van der Waals surface area contributed by atoms with Crippen LogP contribution >= 0.6 is 11.8 Å². The Morgan fingerprint density at radius 1 is 0.610 bits per heavy atom. The van der Waals surface area contributed by atoms with Crippen LogP contribution in [-0.4, -0.2) is 4.57 Å². The van der Waals surface area contributed by atoms with Gasteiger partial charge in [-0.2, -0.15) is 0 Å². The summed E-state index contributed by atoms with van der Waals surface area (Å²) in [5.41, 5.74) is 15.7. The minimum atomic E-state index is 0.497. The van der Waals surface area contributed by atoms with E-state index in [9.17, 15) is 0 Å². The molecule has 3 nitrogen and oxygen atoms in total. The van der Waals surface area contributed by atoms with Crippen LogP contribution in [0.3, 0.4) is 0 Å². The van der Waals surface area contributed by atoms with E-state index in [4.69, 9.17) is 0 Å². The Balaban J connectivity index is 1.13. The first-order valence-corrected chi connectivity index (χ1v) is 21.7. The Morgan fingerprint density at radius 2 is 1.27 bits per heavy atom. The van der Waals surface area contributed by atoms with Crippen LogP contribution in [0.2, 0.25) is 0 Å². The summed E-state index contributed by atoms with van der Waals surface area (Å²) < 4.78 is 2.46. The monoisotopic (exact) mass is 781 g/mol. The van der Waals surface area contributed by atoms with Gasteiger partial charge < -0.3 is 14.4 Å². The summed E-state index contributed by atoms with van der Waals surface area (Å²) in [6, 6.07) is 62.6. The first kappa shape index (κ1) is 36.8. The third-order valence-corrected chi connectivity index (χ3v) is 13.0. The maximum atomic E-state index is 2.50. The fraction of sp³-hybridized carbons (Fsp3) is 0.127. The number of rotatable bonds is 9. The first-order chi connectivity index (χ1) is 29.1. The second-order valence-corrected chi connectivity index (χ2v) is 17.0. The van der Waals surface area contributed by atoms with E-state index in [1.165, 1.54) is 70.9 Å². The van der Waals surface area contributed by atoms with E-state index in [0.717, 1.165) is 42.0 Å². The molecule has 1 aromatic heterocycles. The molecular weight excluding hydrogens is 735 g/mol. The smallest absolute Gasteiger partial charge is 0.0598 e. The van der Waals surface area contributed by atoms with Crippen LogP contribution in [0, 0.1) is 5.92 Å². The number of thioether (sulfide) groups is 1. The molecule has 2 heterocycles. The summed E-state index contributed by atoms with van der Waals surface area (Å²) in [4.78, 5) is 7.56. The highest BCUT2D eigenvalue weighted by Crippen LogP contribution is 2.48. The molecule has 0 saturated heterocycles. The standard InChI is InChI=1S/C55H47N3S/c1-4-15-51-39(3)59-55-25-13-12-24-53(55)57(51)45-19-14-20-46(36-45)58-52-23-11-10-22-49(52)50-35-34-47(37-54(50)58)56(43-30-26-41(27-31-43)40-17-6-5-7-18-40)44-32-28-42(29-33-44)48-21-9-8-16-38(48)2/h5-14,17-38H,4,15-16H2,1-3H3. The molecule has 4 heteroatoms. The lowest BCUT2D eigenvalue weighted by molar-refractivity contribution is 0.758. The van der Waals surface area contributed by atoms with E-state index in [2.05, 4.69) is 223 Å². The second-order valence-electron chi connectivity index (χ2n) is 15.7. The first-order valence-electron chi connectivity index (χ1n) is 20.9. The molecule has 288 valence electrons. The fourth-order valence-electron chi connectivity index (χ4n) is 9.03. The van der Waals surface area contributed by atoms with Crippen molar-refractivity contribution in [1.29, 1.82) is 0 Å². The minimum Gasteiger partial charge on any atom is -0.312 e. The van der Waals surface area contributed by atoms with Gasteiger partial charge in [-0.3, -0.25) is 0 Å². The molecule has 2 aliphatic rings. The molecule has 0 saturated carbocycles. The number of allylic oxidation sites excluding steroid dienone is 6. The van der Waals surface area contributed by atoms with Crippen molar-refractivity contribution in [3.05, 3.63) is 204 Å². The molecule has 0 fully saturated rings. The summed E-state index contributed by atoms with van der Waals surface area (Å²) in [6.07, 6.45) is 9.92. The largest absolute Gasteiger partial charge is 0.312 e. The van der Waals surface area contributed by atoms with Crippen molar-refractivity contribution >= 4 is 67.6 Å². The van der Waals surface area contributed by atoms with Crippen LogP contribution in [0.1, 0.15) is 45.6 Å². The Kier molecular flexibility index (Phi) is 9.79. The van der Waals surface area contributed by atoms with Crippen LogP contribution in [0.5, 0.6) is 0 Å². The molecule has 0 amide bonds. The van der Waals surface area contributed by atoms with Crippen LogP contribution < -0.4 is 9.80 Å².